The summed E-state index contributed by atoms with van der Waals surface area (Å²) in [4.78, 5) is 29.6. The molecule has 3 aliphatic carbocycles. The maximum atomic E-state index is 14.8. The summed E-state index contributed by atoms with van der Waals surface area (Å²) in [6, 6.07) is 41.9. The Hall–Kier alpha value is -3.78. The van der Waals surface area contributed by atoms with Crippen LogP contribution in [0, 0.1) is 22.7 Å². The molecule has 40 heavy (non-hydrogen) atoms. The van der Waals surface area contributed by atoms with Gasteiger partial charge in [-0.1, -0.05) is 121 Å². The minimum atomic E-state index is -0.542. The number of benzene rings is 4. The van der Waals surface area contributed by atoms with Gasteiger partial charge in [-0.25, -0.2) is 0 Å². The molecule has 2 spiro atoms. The molecule has 0 radical (unpaired) electrons. The Bertz CT molecular complexity index is 1370. The van der Waals surface area contributed by atoms with Crippen LogP contribution in [0.4, 0.5) is 0 Å². The van der Waals surface area contributed by atoms with Gasteiger partial charge in [-0.3, -0.25) is 9.59 Å². The van der Waals surface area contributed by atoms with Crippen LogP contribution in [-0.2, 0) is 22.4 Å². The van der Waals surface area contributed by atoms with Crippen molar-refractivity contribution < 1.29 is 9.59 Å². The van der Waals surface area contributed by atoms with Crippen LogP contribution in [0.1, 0.15) is 59.8 Å². The molecular weight excluding hydrogens is 488 g/mol. The molecule has 0 bridgehead atoms. The quantitative estimate of drug-likeness (QED) is 0.256. The van der Waals surface area contributed by atoms with Crippen molar-refractivity contribution in [2.45, 2.75) is 50.4 Å². The summed E-state index contributed by atoms with van der Waals surface area (Å²) >= 11 is 0. The Labute approximate surface area is 237 Å². The molecule has 4 aromatic rings. The van der Waals surface area contributed by atoms with Gasteiger partial charge in [-0.15, -0.1) is 0 Å². The fourth-order valence-electron chi connectivity index (χ4n) is 9.06. The topological polar surface area (TPSA) is 34.1 Å². The average molecular weight is 525 g/mol. The van der Waals surface area contributed by atoms with Crippen LogP contribution in [0.25, 0.3) is 0 Å². The van der Waals surface area contributed by atoms with Crippen molar-refractivity contribution in [2.75, 3.05) is 0 Å². The highest BCUT2D eigenvalue weighted by Gasteiger charge is 2.79. The lowest BCUT2D eigenvalue weighted by molar-refractivity contribution is -0.166. The Morgan fingerprint density at radius 3 is 1.15 bits per heavy atom. The van der Waals surface area contributed by atoms with E-state index in [4.69, 9.17) is 0 Å². The molecule has 3 fully saturated rings. The van der Waals surface area contributed by atoms with E-state index in [0.717, 1.165) is 49.7 Å². The highest BCUT2D eigenvalue weighted by Crippen LogP contribution is 2.80. The van der Waals surface area contributed by atoms with Crippen LogP contribution in [0.15, 0.2) is 121 Å². The number of rotatable bonds is 6. The standard InChI is InChI=1S/C38H36O2/c39-35-31(25-27-13-5-1-6-14-27)21-23-37(35)33(29-17-9-3-10-18-29)38(34(37)30-19-11-4-12-20-30)24-22-32(36(38)40)26-28-15-7-2-8-16-28/h1-20,31-34H,21-26H2. The van der Waals surface area contributed by atoms with Crippen molar-refractivity contribution in [3.8, 4) is 0 Å². The van der Waals surface area contributed by atoms with E-state index in [-0.39, 0.29) is 23.7 Å². The predicted octanol–water partition coefficient (Wildman–Crippen LogP) is 7.98. The molecule has 2 nitrogen and oxygen atoms in total. The highest BCUT2D eigenvalue weighted by atomic mass is 16.1. The third kappa shape index (κ3) is 3.76. The van der Waals surface area contributed by atoms with Crippen molar-refractivity contribution >= 4 is 11.6 Å². The Balaban J connectivity index is 1.33. The van der Waals surface area contributed by atoms with E-state index in [1.54, 1.807) is 0 Å². The maximum absolute atomic E-state index is 14.8. The second-order valence-electron chi connectivity index (χ2n) is 12.3. The molecule has 0 aliphatic heterocycles. The van der Waals surface area contributed by atoms with Gasteiger partial charge >= 0.3 is 0 Å². The van der Waals surface area contributed by atoms with Gasteiger partial charge in [0.25, 0.3) is 0 Å². The number of hydrogen-bond donors (Lipinski definition) is 0. The molecule has 2 atom stereocenters. The van der Waals surface area contributed by atoms with Crippen LogP contribution in [0.3, 0.4) is 0 Å². The molecule has 2 heteroatoms. The lowest BCUT2D eigenvalue weighted by atomic mass is 9.34. The second kappa shape index (κ2) is 10.0. The molecular formula is C38H36O2. The molecule has 200 valence electrons. The Morgan fingerprint density at radius 1 is 0.475 bits per heavy atom. The van der Waals surface area contributed by atoms with Gasteiger partial charge < -0.3 is 0 Å². The smallest absolute Gasteiger partial charge is 0.143 e. The predicted molar refractivity (Wildman–Crippen MR) is 159 cm³/mol. The Kier molecular flexibility index (Phi) is 6.30. The van der Waals surface area contributed by atoms with Crippen molar-refractivity contribution in [3.63, 3.8) is 0 Å². The van der Waals surface area contributed by atoms with E-state index in [2.05, 4.69) is 97.1 Å². The maximum Gasteiger partial charge on any atom is 0.143 e. The van der Waals surface area contributed by atoms with E-state index in [9.17, 15) is 9.59 Å². The molecule has 0 heterocycles. The summed E-state index contributed by atoms with van der Waals surface area (Å²) in [6.45, 7) is 0. The first-order chi connectivity index (χ1) is 19.6. The van der Waals surface area contributed by atoms with Crippen molar-refractivity contribution in [3.05, 3.63) is 144 Å². The number of hydrogen-bond acceptors (Lipinski definition) is 2. The largest absolute Gasteiger partial charge is 0.299 e. The minimum absolute atomic E-state index is 0.00575. The van der Waals surface area contributed by atoms with Gasteiger partial charge in [-0.2, -0.15) is 0 Å². The zero-order chi connectivity index (χ0) is 27.2. The van der Waals surface area contributed by atoms with Gasteiger partial charge in [0.05, 0.1) is 0 Å². The number of carbonyl (C=O) groups excluding carboxylic acids is 2. The fraction of sp³-hybridized carbons (Fsp3) is 0.316. The molecule has 3 saturated carbocycles. The number of Topliss-reactive ketones (excluding diaryl/α,β-unsaturated/α-hetero) is 2. The highest BCUT2D eigenvalue weighted by molar-refractivity contribution is 6.01. The van der Waals surface area contributed by atoms with E-state index in [1.807, 2.05) is 24.3 Å². The fourth-order valence-corrected chi connectivity index (χ4v) is 9.06. The minimum Gasteiger partial charge on any atom is -0.299 e. The third-order valence-corrected chi connectivity index (χ3v) is 10.4. The van der Waals surface area contributed by atoms with Crippen LogP contribution in [0.2, 0.25) is 0 Å². The first kappa shape index (κ1) is 25.2. The lowest BCUT2D eigenvalue weighted by Gasteiger charge is -2.66. The molecule has 0 amide bonds. The molecule has 0 aromatic heterocycles. The molecule has 3 aliphatic rings. The summed E-state index contributed by atoms with van der Waals surface area (Å²) in [5, 5.41) is 0. The summed E-state index contributed by atoms with van der Waals surface area (Å²) < 4.78 is 0. The van der Waals surface area contributed by atoms with Gasteiger partial charge in [0.1, 0.15) is 11.6 Å². The monoisotopic (exact) mass is 524 g/mol. The molecule has 7 rings (SSSR count). The van der Waals surface area contributed by atoms with Gasteiger partial charge in [0.2, 0.25) is 0 Å². The molecule has 0 saturated heterocycles. The average Bonchev–Trinajstić information content (AvgIpc) is 3.50. The third-order valence-electron chi connectivity index (χ3n) is 10.4. The van der Waals surface area contributed by atoms with E-state index in [1.165, 1.54) is 11.1 Å². The summed E-state index contributed by atoms with van der Waals surface area (Å²) in [5.41, 5.74) is 3.69. The van der Waals surface area contributed by atoms with Crippen molar-refractivity contribution in [2.24, 2.45) is 22.7 Å². The van der Waals surface area contributed by atoms with E-state index in [0.29, 0.717) is 11.6 Å². The summed E-state index contributed by atoms with van der Waals surface area (Å²) in [7, 11) is 0. The van der Waals surface area contributed by atoms with Crippen LogP contribution < -0.4 is 0 Å². The van der Waals surface area contributed by atoms with Gasteiger partial charge in [0, 0.05) is 34.5 Å². The van der Waals surface area contributed by atoms with E-state index < -0.39 is 10.8 Å². The van der Waals surface area contributed by atoms with Gasteiger partial charge in [-0.05, 0) is 60.8 Å². The molecule has 0 N–H and O–H groups in total. The number of ketones is 2. The van der Waals surface area contributed by atoms with Crippen LogP contribution >= 0.6 is 0 Å². The molecule has 4 aromatic carbocycles. The van der Waals surface area contributed by atoms with Gasteiger partial charge in [0.15, 0.2) is 0 Å². The SMILES string of the molecule is O=C1C(Cc2ccccc2)CCC12C(c1ccccc1)C1(CCC(Cc3ccccc3)C1=O)C2c1ccccc1. The van der Waals surface area contributed by atoms with E-state index >= 15 is 0 Å². The molecule has 2 unspecified atom stereocenters. The van der Waals surface area contributed by atoms with Crippen LogP contribution in [-0.4, -0.2) is 11.6 Å². The van der Waals surface area contributed by atoms with Crippen molar-refractivity contribution in [1.82, 2.24) is 0 Å². The Morgan fingerprint density at radius 2 is 0.800 bits per heavy atom. The van der Waals surface area contributed by atoms with Crippen molar-refractivity contribution in [1.29, 1.82) is 0 Å². The second-order valence-corrected chi connectivity index (χ2v) is 12.3. The van der Waals surface area contributed by atoms with Crippen LogP contribution in [0.5, 0.6) is 0 Å². The first-order valence-corrected chi connectivity index (χ1v) is 14.9. The zero-order valence-electron chi connectivity index (χ0n) is 22.9. The number of carbonyl (C=O) groups is 2. The zero-order valence-corrected chi connectivity index (χ0v) is 22.9. The normalized spacial score (nSPS) is 31.1. The summed E-state index contributed by atoms with van der Waals surface area (Å²) in [5.74, 6) is 0.594. The summed E-state index contributed by atoms with van der Waals surface area (Å²) in [6.07, 6.45) is 5.03. The lowest BCUT2D eigenvalue weighted by Crippen LogP contribution is -2.65. The first-order valence-electron chi connectivity index (χ1n) is 14.9.